The third kappa shape index (κ3) is 5.25. The molecule has 3 aromatic carbocycles. The molecule has 0 bridgehead atoms. The van der Waals surface area contributed by atoms with E-state index in [0.29, 0.717) is 5.75 Å². The first-order valence-electron chi connectivity index (χ1n) is 9.91. The number of ether oxygens (including phenoxy) is 1. The van der Waals surface area contributed by atoms with Gasteiger partial charge < -0.3 is 4.74 Å². The summed E-state index contributed by atoms with van der Waals surface area (Å²) in [6, 6.07) is 27.2. The first-order valence-corrected chi connectivity index (χ1v) is 9.91. The molecule has 154 valence electrons. The number of rotatable bonds is 7. The highest BCUT2D eigenvalue weighted by molar-refractivity contribution is 5.89. The average molecular weight is 410 g/mol. The number of para-hydroxylation sites is 2. The zero-order valence-electron chi connectivity index (χ0n) is 17.1. The van der Waals surface area contributed by atoms with E-state index >= 15 is 0 Å². The summed E-state index contributed by atoms with van der Waals surface area (Å²) in [6.45, 7) is 1.93. The van der Waals surface area contributed by atoms with Crippen molar-refractivity contribution < 1.29 is 9.53 Å². The Kier molecular flexibility index (Phi) is 6.18. The van der Waals surface area contributed by atoms with Gasteiger partial charge in [0.25, 0.3) is 5.91 Å². The van der Waals surface area contributed by atoms with Crippen LogP contribution in [-0.2, 0) is 4.79 Å². The summed E-state index contributed by atoms with van der Waals surface area (Å²) in [6.07, 6.45) is 3.49. The van der Waals surface area contributed by atoms with E-state index in [1.165, 1.54) is 5.56 Å². The Hall–Kier alpha value is -4.19. The molecule has 6 nitrogen and oxygen atoms in total. The van der Waals surface area contributed by atoms with Crippen LogP contribution in [0.4, 0.5) is 0 Å². The molecule has 0 radical (unpaired) electrons. The first kappa shape index (κ1) is 20.1. The Morgan fingerprint density at radius 2 is 1.68 bits per heavy atom. The van der Waals surface area contributed by atoms with Crippen LogP contribution in [0.2, 0.25) is 0 Å². The number of carbonyl (C=O) groups is 1. The molecule has 4 aromatic rings. The van der Waals surface area contributed by atoms with Crippen molar-refractivity contribution >= 4 is 12.1 Å². The van der Waals surface area contributed by atoms with Gasteiger partial charge in [-0.25, -0.2) is 10.1 Å². The van der Waals surface area contributed by atoms with E-state index in [9.17, 15) is 4.79 Å². The summed E-state index contributed by atoms with van der Waals surface area (Å²) in [5, 5.41) is 8.85. The Morgan fingerprint density at radius 3 is 2.39 bits per heavy atom. The number of aromatic nitrogens is 2. The van der Waals surface area contributed by atoms with E-state index in [1.807, 2.05) is 85.9 Å². The molecule has 0 atom stereocenters. The van der Waals surface area contributed by atoms with Gasteiger partial charge in [0.2, 0.25) is 0 Å². The minimum absolute atomic E-state index is 0.116. The number of carbonyl (C=O) groups excluding carboxylic acids is 1. The fourth-order valence-electron chi connectivity index (χ4n) is 3.00. The fourth-order valence-corrected chi connectivity index (χ4v) is 3.00. The van der Waals surface area contributed by atoms with Crippen LogP contribution in [-0.4, -0.2) is 28.5 Å². The number of amides is 1. The van der Waals surface area contributed by atoms with Gasteiger partial charge in [0.05, 0.1) is 11.9 Å². The third-order valence-electron chi connectivity index (χ3n) is 4.59. The van der Waals surface area contributed by atoms with Crippen LogP contribution in [0, 0.1) is 6.92 Å². The molecule has 6 heteroatoms. The molecule has 0 spiro atoms. The van der Waals surface area contributed by atoms with Gasteiger partial charge in [0.1, 0.15) is 11.4 Å². The maximum Gasteiger partial charge on any atom is 0.277 e. The smallest absolute Gasteiger partial charge is 0.277 e. The largest absolute Gasteiger partial charge is 0.484 e. The first-order chi connectivity index (χ1) is 15.2. The highest BCUT2D eigenvalue weighted by atomic mass is 16.5. The van der Waals surface area contributed by atoms with Crippen molar-refractivity contribution in [3.8, 4) is 22.7 Å². The van der Waals surface area contributed by atoms with Gasteiger partial charge in [-0.05, 0) is 31.2 Å². The second kappa shape index (κ2) is 9.54. The molecule has 31 heavy (non-hydrogen) atoms. The second-order valence-corrected chi connectivity index (χ2v) is 6.97. The number of hydrogen-bond acceptors (Lipinski definition) is 4. The molecule has 1 aromatic heterocycles. The number of hydrazone groups is 1. The zero-order chi connectivity index (χ0) is 21.5. The van der Waals surface area contributed by atoms with Gasteiger partial charge in [-0.15, -0.1) is 0 Å². The van der Waals surface area contributed by atoms with Gasteiger partial charge in [-0.3, -0.25) is 4.79 Å². The topological polar surface area (TPSA) is 68.5 Å². The predicted octanol–water partition coefficient (Wildman–Crippen LogP) is 4.38. The van der Waals surface area contributed by atoms with Crippen LogP contribution in [0.15, 0.2) is 96.2 Å². The summed E-state index contributed by atoms with van der Waals surface area (Å²) in [5.74, 6) is 0.292. The van der Waals surface area contributed by atoms with E-state index in [1.54, 1.807) is 23.0 Å². The summed E-state index contributed by atoms with van der Waals surface area (Å²) in [7, 11) is 0. The standard InChI is InChI=1S/C25H22N4O2/c1-19-12-14-20(15-13-19)25-21(17-29(28-25)22-8-4-2-5-9-22)16-26-27-24(30)18-31-23-10-6-3-7-11-23/h2-17H,18H2,1H3,(H,27,30)/b26-16+. The van der Waals surface area contributed by atoms with E-state index in [-0.39, 0.29) is 12.5 Å². The highest BCUT2D eigenvalue weighted by Gasteiger charge is 2.11. The molecule has 0 aliphatic heterocycles. The van der Waals surface area contributed by atoms with Crippen molar-refractivity contribution in [3.63, 3.8) is 0 Å². The number of nitrogens with one attached hydrogen (secondary N) is 1. The van der Waals surface area contributed by atoms with Crippen molar-refractivity contribution in [1.29, 1.82) is 0 Å². The van der Waals surface area contributed by atoms with Crippen molar-refractivity contribution in [1.82, 2.24) is 15.2 Å². The SMILES string of the molecule is Cc1ccc(-c2nn(-c3ccccc3)cc2/C=N/NC(=O)COc2ccccc2)cc1. The predicted molar refractivity (Wildman–Crippen MR) is 121 cm³/mol. The Balaban J connectivity index is 1.51. The molecule has 0 saturated carbocycles. The maximum absolute atomic E-state index is 12.1. The minimum Gasteiger partial charge on any atom is -0.484 e. The second-order valence-electron chi connectivity index (χ2n) is 6.97. The molecule has 0 unspecified atom stereocenters. The lowest BCUT2D eigenvalue weighted by Gasteiger charge is -2.04. The van der Waals surface area contributed by atoms with Gasteiger partial charge >= 0.3 is 0 Å². The van der Waals surface area contributed by atoms with Crippen molar-refractivity contribution in [3.05, 3.63) is 102 Å². The lowest BCUT2D eigenvalue weighted by atomic mass is 10.1. The number of nitrogens with zero attached hydrogens (tertiary/aromatic N) is 3. The van der Waals surface area contributed by atoms with Crippen molar-refractivity contribution in [2.45, 2.75) is 6.92 Å². The van der Waals surface area contributed by atoms with Crippen LogP contribution in [0.1, 0.15) is 11.1 Å². The van der Waals surface area contributed by atoms with Crippen molar-refractivity contribution in [2.24, 2.45) is 5.10 Å². The normalized spacial score (nSPS) is 10.9. The van der Waals surface area contributed by atoms with Crippen LogP contribution in [0.25, 0.3) is 16.9 Å². The van der Waals surface area contributed by atoms with Gasteiger partial charge in [-0.2, -0.15) is 10.2 Å². The molecule has 1 amide bonds. The van der Waals surface area contributed by atoms with E-state index in [0.717, 1.165) is 22.5 Å². The van der Waals surface area contributed by atoms with Crippen LogP contribution < -0.4 is 10.2 Å². The third-order valence-corrected chi connectivity index (χ3v) is 4.59. The van der Waals surface area contributed by atoms with Crippen LogP contribution >= 0.6 is 0 Å². The summed E-state index contributed by atoms with van der Waals surface area (Å²) in [5.41, 5.74) is 7.16. The molecule has 1 heterocycles. The lowest BCUT2D eigenvalue weighted by Crippen LogP contribution is -2.24. The zero-order valence-corrected chi connectivity index (χ0v) is 17.1. The van der Waals surface area contributed by atoms with Gasteiger partial charge in [-0.1, -0.05) is 66.2 Å². The molecular weight excluding hydrogens is 388 g/mol. The monoisotopic (exact) mass is 410 g/mol. The Labute approximate surface area is 180 Å². The van der Waals surface area contributed by atoms with Crippen molar-refractivity contribution in [2.75, 3.05) is 6.61 Å². The highest BCUT2D eigenvalue weighted by Crippen LogP contribution is 2.23. The summed E-state index contributed by atoms with van der Waals surface area (Å²) < 4.78 is 7.24. The quantitative estimate of drug-likeness (QED) is 0.363. The molecule has 0 saturated heterocycles. The number of aryl methyl sites for hydroxylation is 1. The molecule has 1 N–H and O–H groups in total. The van der Waals surface area contributed by atoms with Crippen LogP contribution in [0.3, 0.4) is 0 Å². The van der Waals surface area contributed by atoms with Crippen LogP contribution in [0.5, 0.6) is 5.75 Å². The Morgan fingerprint density at radius 1 is 1.00 bits per heavy atom. The number of hydrogen-bond donors (Lipinski definition) is 1. The minimum atomic E-state index is -0.340. The van der Waals surface area contributed by atoms with E-state index < -0.39 is 0 Å². The maximum atomic E-state index is 12.1. The van der Waals surface area contributed by atoms with E-state index in [2.05, 4.69) is 10.5 Å². The summed E-state index contributed by atoms with van der Waals surface area (Å²) in [4.78, 5) is 12.1. The van der Waals surface area contributed by atoms with Gasteiger partial charge in [0, 0.05) is 17.3 Å². The van der Waals surface area contributed by atoms with E-state index in [4.69, 9.17) is 9.84 Å². The fraction of sp³-hybridized carbons (Fsp3) is 0.0800. The molecule has 4 rings (SSSR count). The molecular formula is C25H22N4O2. The average Bonchev–Trinajstić information content (AvgIpc) is 3.24. The number of benzene rings is 3. The molecule has 0 aliphatic carbocycles. The molecule has 0 fully saturated rings. The molecule has 0 aliphatic rings. The lowest BCUT2D eigenvalue weighted by molar-refractivity contribution is -0.123. The Bertz CT molecular complexity index is 1170. The summed E-state index contributed by atoms with van der Waals surface area (Å²) >= 11 is 0. The van der Waals surface area contributed by atoms with Gasteiger partial charge in [0.15, 0.2) is 6.61 Å².